The maximum Gasteiger partial charge on any atom is 0.253 e. The number of hydrogen-bond donors (Lipinski definition) is 1. The molecule has 2 heterocycles. The van der Waals surface area contributed by atoms with Gasteiger partial charge in [-0.2, -0.15) is 0 Å². The van der Waals surface area contributed by atoms with Crippen molar-refractivity contribution < 1.29 is 4.79 Å². The van der Waals surface area contributed by atoms with E-state index in [1.807, 2.05) is 60.3 Å². The Balaban J connectivity index is 1.62. The number of aryl methyl sites for hydroxylation is 1. The highest BCUT2D eigenvalue weighted by Crippen LogP contribution is 2.22. The monoisotopic (exact) mass is 312 g/mol. The van der Waals surface area contributed by atoms with E-state index in [1.165, 1.54) is 11.3 Å². The van der Waals surface area contributed by atoms with Gasteiger partial charge < -0.3 is 9.88 Å². The fourth-order valence-electron chi connectivity index (χ4n) is 2.05. The number of nitrogens with zero attached hydrogens (tertiary/aromatic N) is 3. The van der Waals surface area contributed by atoms with Crippen molar-refractivity contribution in [1.82, 2.24) is 20.1 Å². The molecular formula is C16H16N4OS. The zero-order valence-electron chi connectivity index (χ0n) is 12.2. The van der Waals surface area contributed by atoms with E-state index in [2.05, 4.69) is 15.5 Å². The molecule has 1 amide bonds. The third-order valence-electron chi connectivity index (χ3n) is 3.27. The molecule has 3 aromatic rings. The van der Waals surface area contributed by atoms with E-state index in [0.29, 0.717) is 12.1 Å². The van der Waals surface area contributed by atoms with E-state index in [0.717, 1.165) is 22.1 Å². The Morgan fingerprint density at radius 3 is 2.77 bits per heavy atom. The molecule has 112 valence electrons. The minimum absolute atomic E-state index is 0.0938. The van der Waals surface area contributed by atoms with Gasteiger partial charge in [-0.25, -0.2) is 0 Å². The van der Waals surface area contributed by atoms with Gasteiger partial charge in [0.1, 0.15) is 10.0 Å². The molecule has 0 saturated carbocycles. The number of amides is 1. The maximum absolute atomic E-state index is 12.1. The predicted molar refractivity (Wildman–Crippen MR) is 86.6 cm³/mol. The first-order valence-corrected chi connectivity index (χ1v) is 7.89. The van der Waals surface area contributed by atoms with Crippen LogP contribution in [0.25, 0.3) is 10.6 Å². The molecule has 0 radical (unpaired) electrons. The fourth-order valence-corrected chi connectivity index (χ4v) is 2.84. The van der Waals surface area contributed by atoms with Gasteiger partial charge in [-0.3, -0.25) is 4.79 Å². The highest BCUT2D eigenvalue weighted by Gasteiger charge is 2.10. The van der Waals surface area contributed by atoms with Gasteiger partial charge >= 0.3 is 0 Å². The van der Waals surface area contributed by atoms with E-state index in [4.69, 9.17) is 0 Å². The van der Waals surface area contributed by atoms with Crippen LogP contribution in [0.5, 0.6) is 0 Å². The van der Waals surface area contributed by atoms with Crippen LogP contribution in [0.4, 0.5) is 0 Å². The molecule has 0 spiro atoms. The van der Waals surface area contributed by atoms with Crippen LogP contribution in [0.1, 0.15) is 22.3 Å². The topological polar surface area (TPSA) is 59.8 Å². The van der Waals surface area contributed by atoms with Crippen LogP contribution >= 0.6 is 11.3 Å². The molecule has 0 unspecified atom stereocenters. The number of nitrogens with one attached hydrogen (secondary N) is 1. The second-order valence-electron chi connectivity index (χ2n) is 4.78. The van der Waals surface area contributed by atoms with Crippen molar-refractivity contribution in [3.05, 3.63) is 59.4 Å². The molecule has 2 aromatic heterocycles. The summed E-state index contributed by atoms with van der Waals surface area (Å²) < 4.78 is 1.97. The Morgan fingerprint density at radius 1 is 1.23 bits per heavy atom. The third kappa shape index (κ3) is 3.23. The van der Waals surface area contributed by atoms with Gasteiger partial charge in [-0.1, -0.05) is 41.7 Å². The smallest absolute Gasteiger partial charge is 0.253 e. The fraction of sp³-hybridized carbons (Fsp3) is 0.188. The predicted octanol–water partition coefficient (Wildman–Crippen LogP) is 2.96. The van der Waals surface area contributed by atoms with Gasteiger partial charge in [0.2, 0.25) is 0 Å². The minimum Gasteiger partial charge on any atom is -0.354 e. The molecule has 0 fully saturated rings. The van der Waals surface area contributed by atoms with Crippen LogP contribution in [0.15, 0.2) is 48.8 Å². The summed E-state index contributed by atoms with van der Waals surface area (Å²) in [5.41, 5.74) is 1.70. The number of carbonyl (C=O) groups excluding carboxylic acids is 1. The van der Waals surface area contributed by atoms with Crippen LogP contribution in [-0.2, 0) is 13.1 Å². The van der Waals surface area contributed by atoms with E-state index in [-0.39, 0.29) is 5.91 Å². The lowest BCUT2D eigenvalue weighted by Crippen LogP contribution is -2.22. The first kappa shape index (κ1) is 14.5. The Bertz CT molecular complexity index is 763. The molecule has 3 rings (SSSR count). The van der Waals surface area contributed by atoms with Gasteiger partial charge in [0.25, 0.3) is 5.91 Å². The molecule has 22 heavy (non-hydrogen) atoms. The van der Waals surface area contributed by atoms with Gasteiger partial charge in [0.15, 0.2) is 0 Å². The molecule has 0 saturated heterocycles. The van der Waals surface area contributed by atoms with Gasteiger partial charge in [-0.05, 0) is 13.0 Å². The zero-order valence-corrected chi connectivity index (χ0v) is 13.0. The van der Waals surface area contributed by atoms with Crippen molar-refractivity contribution in [2.24, 2.45) is 0 Å². The number of aromatic nitrogens is 3. The average Bonchev–Trinajstić information content (AvgIpc) is 3.22. The first-order chi connectivity index (χ1) is 10.8. The normalized spacial score (nSPS) is 10.6. The van der Waals surface area contributed by atoms with Crippen LogP contribution in [-0.4, -0.2) is 20.7 Å². The number of carbonyl (C=O) groups is 1. The van der Waals surface area contributed by atoms with Crippen LogP contribution in [0.2, 0.25) is 0 Å². The molecule has 0 aliphatic rings. The molecule has 0 atom stereocenters. The summed E-state index contributed by atoms with van der Waals surface area (Å²) >= 11 is 1.49. The standard InChI is InChI=1S/C16H16N4OS/c1-2-20-9-8-13(11-20)15(21)17-10-14-18-19-16(22-14)12-6-4-3-5-7-12/h3-9,11H,2,10H2,1H3,(H,17,21). The maximum atomic E-state index is 12.1. The summed E-state index contributed by atoms with van der Waals surface area (Å²) in [5.74, 6) is -0.0938. The Hall–Kier alpha value is -2.47. The molecule has 1 aromatic carbocycles. The molecule has 5 nitrogen and oxygen atoms in total. The number of rotatable bonds is 5. The van der Waals surface area contributed by atoms with Crippen molar-refractivity contribution in [2.75, 3.05) is 0 Å². The van der Waals surface area contributed by atoms with Crippen molar-refractivity contribution in [3.63, 3.8) is 0 Å². The lowest BCUT2D eigenvalue weighted by molar-refractivity contribution is 0.0951. The van der Waals surface area contributed by atoms with Crippen molar-refractivity contribution in [2.45, 2.75) is 20.0 Å². The first-order valence-electron chi connectivity index (χ1n) is 7.08. The third-order valence-corrected chi connectivity index (χ3v) is 4.24. The minimum atomic E-state index is -0.0938. The molecule has 0 aliphatic carbocycles. The van der Waals surface area contributed by atoms with Gasteiger partial charge in [-0.15, -0.1) is 10.2 Å². The van der Waals surface area contributed by atoms with E-state index < -0.39 is 0 Å². The van der Waals surface area contributed by atoms with Crippen LogP contribution < -0.4 is 5.32 Å². The Kier molecular flexibility index (Phi) is 4.29. The lowest BCUT2D eigenvalue weighted by Gasteiger charge is -2.00. The van der Waals surface area contributed by atoms with Crippen LogP contribution in [0.3, 0.4) is 0 Å². The Labute approximate surface area is 132 Å². The summed E-state index contributed by atoms with van der Waals surface area (Å²) in [6, 6.07) is 11.7. The van der Waals surface area contributed by atoms with Crippen molar-refractivity contribution in [3.8, 4) is 10.6 Å². The SMILES string of the molecule is CCn1ccc(C(=O)NCc2nnc(-c3ccccc3)s2)c1. The lowest BCUT2D eigenvalue weighted by atomic mass is 10.2. The summed E-state index contributed by atoms with van der Waals surface area (Å²) in [7, 11) is 0. The summed E-state index contributed by atoms with van der Waals surface area (Å²) in [5, 5.41) is 12.8. The zero-order chi connectivity index (χ0) is 15.4. The summed E-state index contributed by atoms with van der Waals surface area (Å²) in [4.78, 5) is 12.1. The van der Waals surface area contributed by atoms with E-state index in [1.54, 1.807) is 0 Å². The largest absolute Gasteiger partial charge is 0.354 e. The number of benzene rings is 1. The van der Waals surface area contributed by atoms with Gasteiger partial charge in [0.05, 0.1) is 12.1 Å². The van der Waals surface area contributed by atoms with Crippen molar-refractivity contribution in [1.29, 1.82) is 0 Å². The van der Waals surface area contributed by atoms with Crippen molar-refractivity contribution >= 4 is 17.2 Å². The van der Waals surface area contributed by atoms with E-state index in [9.17, 15) is 4.79 Å². The summed E-state index contributed by atoms with van der Waals surface area (Å²) in [6.45, 7) is 3.28. The van der Waals surface area contributed by atoms with Gasteiger partial charge in [0, 0.05) is 24.5 Å². The molecule has 6 heteroatoms. The molecule has 0 bridgehead atoms. The average molecular weight is 312 g/mol. The highest BCUT2D eigenvalue weighted by molar-refractivity contribution is 7.14. The number of hydrogen-bond acceptors (Lipinski definition) is 4. The molecule has 1 N–H and O–H groups in total. The molecule has 0 aliphatic heterocycles. The second kappa shape index (κ2) is 6.53. The quantitative estimate of drug-likeness (QED) is 0.788. The molecular weight excluding hydrogens is 296 g/mol. The highest BCUT2D eigenvalue weighted by atomic mass is 32.1. The summed E-state index contributed by atoms with van der Waals surface area (Å²) in [6.07, 6.45) is 3.73. The second-order valence-corrected chi connectivity index (χ2v) is 5.84. The van der Waals surface area contributed by atoms with E-state index >= 15 is 0 Å². The Morgan fingerprint density at radius 2 is 2.05 bits per heavy atom. The van der Waals surface area contributed by atoms with Crippen LogP contribution in [0, 0.1) is 0 Å².